The van der Waals surface area contributed by atoms with Crippen LogP contribution in [0.5, 0.6) is 0 Å². The lowest BCUT2D eigenvalue weighted by atomic mass is 9.74. The standard InChI is InChI=1S/C13H27N/c1-4-11(5-2)13(14)12-8-6-7-10(3)9-12/h10-13H,4-9,14H2,1-3H3. The van der Waals surface area contributed by atoms with E-state index in [1.54, 1.807) is 0 Å². The molecule has 1 rings (SSSR count). The lowest BCUT2D eigenvalue weighted by Crippen LogP contribution is -2.39. The Morgan fingerprint density at radius 1 is 1.21 bits per heavy atom. The van der Waals surface area contributed by atoms with Crippen LogP contribution in [0, 0.1) is 17.8 Å². The van der Waals surface area contributed by atoms with Gasteiger partial charge < -0.3 is 5.73 Å². The Kier molecular flexibility index (Phi) is 4.94. The molecule has 0 aromatic rings. The summed E-state index contributed by atoms with van der Waals surface area (Å²) < 4.78 is 0. The van der Waals surface area contributed by atoms with Gasteiger partial charge in [0.05, 0.1) is 0 Å². The van der Waals surface area contributed by atoms with Crippen molar-refractivity contribution in [2.45, 2.75) is 65.3 Å². The minimum Gasteiger partial charge on any atom is -0.327 e. The highest BCUT2D eigenvalue weighted by atomic mass is 14.7. The van der Waals surface area contributed by atoms with E-state index in [4.69, 9.17) is 5.73 Å². The van der Waals surface area contributed by atoms with Gasteiger partial charge in [0.25, 0.3) is 0 Å². The fraction of sp³-hybridized carbons (Fsp3) is 1.00. The summed E-state index contributed by atoms with van der Waals surface area (Å²) in [5.41, 5.74) is 6.38. The van der Waals surface area contributed by atoms with Gasteiger partial charge in [-0.1, -0.05) is 46.5 Å². The summed E-state index contributed by atoms with van der Waals surface area (Å²) in [7, 11) is 0. The van der Waals surface area contributed by atoms with E-state index >= 15 is 0 Å². The van der Waals surface area contributed by atoms with E-state index in [2.05, 4.69) is 20.8 Å². The van der Waals surface area contributed by atoms with Gasteiger partial charge in [0.2, 0.25) is 0 Å². The van der Waals surface area contributed by atoms with Crippen molar-refractivity contribution in [3.8, 4) is 0 Å². The SMILES string of the molecule is CCC(CC)C(N)C1CCCC(C)C1. The zero-order chi connectivity index (χ0) is 10.6. The van der Waals surface area contributed by atoms with E-state index in [0.717, 1.165) is 17.8 Å². The molecule has 84 valence electrons. The largest absolute Gasteiger partial charge is 0.327 e. The summed E-state index contributed by atoms with van der Waals surface area (Å²) in [6.45, 7) is 6.94. The number of nitrogens with two attached hydrogens (primary N) is 1. The fourth-order valence-corrected chi connectivity index (χ4v) is 3.05. The average Bonchev–Trinajstić information content (AvgIpc) is 2.19. The molecule has 1 fully saturated rings. The van der Waals surface area contributed by atoms with Crippen molar-refractivity contribution in [3.05, 3.63) is 0 Å². The fourth-order valence-electron chi connectivity index (χ4n) is 3.05. The van der Waals surface area contributed by atoms with Crippen molar-refractivity contribution < 1.29 is 0 Å². The van der Waals surface area contributed by atoms with Crippen LogP contribution >= 0.6 is 0 Å². The van der Waals surface area contributed by atoms with E-state index < -0.39 is 0 Å². The van der Waals surface area contributed by atoms with Crippen LogP contribution in [0.3, 0.4) is 0 Å². The third-order valence-electron chi connectivity index (χ3n) is 4.11. The first-order valence-electron chi connectivity index (χ1n) is 6.44. The molecule has 0 spiro atoms. The second kappa shape index (κ2) is 5.75. The molecule has 1 aliphatic carbocycles. The molecule has 0 heterocycles. The monoisotopic (exact) mass is 197 g/mol. The Morgan fingerprint density at radius 2 is 1.86 bits per heavy atom. The van der Waals surface area contributed by atoms with Crippen LogP contribution in [0.4, 0.5) is 0 Å². The topological polar surface area (TPSA) is 26.0 Å². The van der Waals surface area contributed by atoms with Crippen molar-refractivity contribution in [1.82, 2.24) is 0 Å². The van der Waals surface area contributed by atoms with Crippen molar-refractivity contribution in [1.29, 1.82) is 0 Å². The van der Waals surface area contributed by atoms with Gasteiger partial charge in [-0.3, -0.25) is 0 Å². The summed E-state index contributed by atoms with van der Waals surface area (Å²) in [5.74, 6) is 2.48. The summed E-state index contributed by atoms with van der Waals surface area (Å²) >= 11 is 0. The Hall–Kier alpha value is -0.0400. The predicted octanol–water partition coefficient (Wildman–Crippen LogP) is 3.58. The molecule has 1 heteroatoms. The van der Waals surface area contributed by atoms with Crippen LogP contribution in [-0.4, -0.2) is 6.04 Å². The molecule has 0 bridgehead atoms. The first-order valence-corrected chi connectivity index (χ1v) is 6.44. The minimum atomic E-state index is 0.466. The summed E-state index contributed by atoms with van der Waals surface area (Å²) in [5, 5.41) is 0. The van der Waals surface area contributed by atoms with Crippen LogP contribution in [0.15, 0.2) is 0 Å². The van der Waals surface area contributed by atoms with Gasteiger partial charge in [0.15, 0.2) is 0 Å². The maximum absolute atomic E-state index is 6.38. The lowest BCUT2D eigenvalue weighted by Gasteiger charge is -2.35. The molecule has 0 saturated heterocycles. The third kappa shape index (κ3) is 2.98. The van der Waals surface area contributed by atoms with E-state index in [1.807, 2.05) is 0 Å². The Morgan fingerprint density at radius 3 is 2.36 bits per heavy atom. The van der Waals surface area contributed by atoms with Gasteiger partial charge in [-0.15, -0.1) is 0 Å². The van der Waals surface area contributed by atoms with E-state index in [0.29, 0.717) is 6.04 Å². The third-order valence-corrected chi connectivity index (χ3v) is 4.11. The molecule has 14 heavy (non-hydrogen) atoms. The van der Waals surface area contributed by atoms with Crippen LogP contribution in [-0.2, 0) is 0 Å². The van der Waals surface area contributed by atoms with Crippen molar-refractivity contribution in [2.24, 2.45) is 23.5 Å². The van der Waals surface area contributed by atoms with E-state index in [1.165, 1.54) is 38.5 Å². The molecule has 3 atom stereocenters. The van der Waals surface area contributed by atoms with Crippen molar-refractivity contribution >= 4 is 0 Å². The molecule has 2 N–H and O–H groups in total. The van der Waals surface area contributed by atoms with Crippen LogP contribution in [0.25, 0.3) is 0 Å². The van der Waals surface area contributed by atoms with Crippen molar-refractivity contribution in [2.75, 3.05) is 0 Å². The zero-order valence-corrected chi connectivity index (χ0v) is 10.1. The predicted molar refractivity (Wildman–Crippen MR) is 63.2 cm³/mol. The normalized spacial score (nSPS) is 30.6. The number of hydrogen-bond donors (Lipinski definition) is 1. The van der Waals surface area contributed by atoms with Gasteiger partial charge in [0.1, 0.15) is 0 Å². The molecule has 0 radical (unpaired) electrons. The van der Waals surface area contributed by atoms with Gasteiger partial charge in [-0.05, 0) is 30.6 Å². The summed E-state index contributed by atoms with van der Waals surface area (Å²) in [6.07, 6.45) is 8.08. The van der Waals surface area contributed by atoms with Crippen LogP contribution in [0.2, 0.25) is 0 Å². The molecular weight excluding hydrogens is 170 g/mol. The van der Waals surface area contributed by atoms with E-state index in [9.17, 15) is 0 Å². The molecule has 0 aromatic carbocycles. The average molecular weight is 197 g/mol. The molecule has 1 aliphatic rings. The number of rotatable bonds is 4. The Balaban J connectivity index is 2.45. The lowest BCUT2D eigenvalue weighted by molar-refractivity contribution is 0.199. The smallest absolute Gasteiger partial charge is 0.00955 e. The molecule has 1 saturated carbocycles. The highest BCUT2D eigenvalue weighted by Gasteiger charge is 2.27. The first kappa shape index (κ1) is 12.0. The maximum atomic E-state index is 6.38. The van der Waals surface area contributed by atoms with E-state index in [-0.39, 0.29) is 0 Å². The van der Waals surface area contributed by atoms with Gasteiger partial charge in [0, 0.05) is 6.04 Å². The summed E-state index contributed by atoms with van der Waals surface area (Å²) in [4.78, 5) is 0. The Labute approximate surface area is 89.5 Å². The minimum absolute atomic E-state index is 0.466. The highest BCUT2D eigenvalue weighted by molar-refractivity contribution is 4.83. The molecule has 0 aromatic heterocycles. The molecule has 3 unspecified atom stereocenters. The van der Waals surface area contributed by atoms with Crippen molar-refractivity contribution in [3.63, 3.8) is 0 Å². The maximum Gasteiger partial charge on any atom is 0.00955 e. The van der Waals surface area contributed by atoms with Gasteiger partial charge in [-0.2, -0.15) is 0 Å². The molecule has 1 nitrogen and oxygen atoms in total. The second-order valence-electron chi connectivity index (χ2n) is 5.19. The first-order chi connectivity index (χ1) is 6.69. The Bertz CT molecular complexity index is 151. The van der Waals surface area contributed by atoms with Gasteiger partial charge >= 0.3 is 0 Å². The molecular formula is C13H27N. The van der Waals surface area contributed by atoms with Crippen LogP contribution in [0.1, 0.15) is 59.3 Å². The second-order valence-corrected chi connectivity index (χ2v) is 5.19. The summed E-state index contributed by atoms with van der Waals surface area (Å²) in [6, 6.07) is 0.466. The highest BCUT2D eigenvalue weighted by Crippen LogP contribution is 2.33. The van der Waals surface area contributed by atoms with Gasteiger partial charge in [-0.25, -0.2) is 0 Å². The van der Waals surface area contributed by atoms with Crippen LogP contribution < -0.4 is 5.73 Å². The molecule has 0 aliphatic heterocycles. The number of hydrogen-bond acceptors (Lipinski definition) is 1. The quantitative estimate of drug-likeness (QED) is 0.732. The molecule has 0 amide bonds. The zero-order valence-electron chi connectivity index (χ0n) is 10.1.